The number of hydrogen-bond acceptors (Lipinski definition) is 5. The third-order valence-electron chi connectivity index (χ3n) is 5.63. The molecule has 0 radical (unpaired) electrons. The molecule has 4 rings (SSSR count). The zero-order chi connectivity index (χ0) is 21.8. The van der Waals surface area contributed by atoms with Crippen LogP contribution in [-0.4, -0.2) is 22.0 Å². The van der Waals surface area contributed by atoms with Crippen LogP contribution in [0.4, 0.5) is 18.9 Å². The molecule has 2 aromatic carbocycles. The molecule has 3 aromatic rings. The maximum absolute atomic E-state index is 14.1. The van der Waals surface area contributed by atoms with E-state index < -0.39 is 35.8 Å². The van der Waals surface area contributed by atoms with E-state index in [1.54, 1.807) is 0 Å². The Labute approximate surface area is 173 Å². The maximum atomic E-state index is 14.1. The SMILES string of the molecule is C[C@H]1C[C@](O)(C(F)(F)F)C(Nc2cccc3c(=O)occc23)c2ccc(Cl)c(O)c21. The first-order valence-corrected chi connectivity index (χ1v) is 9.50. The predicted octanol–water partition coefficient (Wildman–Crippen LogP) is 5.11. The normalized spacial score (nSPS) is 23.9. The van der Waals surface area contributed by atoms with Crippen molar-refractivity contribution in [3.63, 3.8) is 0 Å². The lowest BCUT2D eigenvalue weighted by molar-refractivity contribution is -0.272. The number of benzene rings is 2. The minimum atomic E-state index is -4.96. The molecule has 1 aliphatic carbocycles. The Morgan fingerprint density at radius 2 is 1.93 bits per heavy atom. The summed E-state index contributed by atoms with van der Waals surface area (Å²) in [7, 11) is 0. The van der Waals surface area contributed by atoms with Crippen LogP contribution < -0.4 is 10.9 Å². The van der Waals surface area contributed by atoms with Gasteiger partial charge >= 0.3 is 11.8 Å². The molecule has 0 fully saturated rings. The van der Waals surface area contributed by atoms with Crippen molar-refractivity contribution < 1.29 is 27.8 Å². The number of halogens is 4. The van der Waals surface area contributed by atoms with Gasteiger partial charge in [0.1, 0.15) is 5.75 Å². The van der Waals surface area contributed by atoms with E-state index in [-0.39, 0.29) is 33.0 Å². The Bertz CT molecular complexity index is 1190. The van der Waals surface area contributed by atoms with Gasteiger partial charge in [0.2, 0.25) is 0 Å². The number of fused-ring (bicyclic) bond motifs is 2. The lowest BCUT2D eigenvalue weighted by Crippen LogP contribution is -2.55. The molecule has 1 heterocycles. The van der Waals surface area contributed by atoms with Crippen LogP contribution in [0.5, 0.6) is 5.75 Å². The molecule has 0 amide bonds. The van der Waals surface area contributed by atoms with Crippen molar-refractivity contribution in [3.05, 3.63) is 69.2 Å². The van der Waals surface area contributed by atoms with Gasteiger partial charge in [0, 0.05) is 16.6 Å². The Balaban J connectivity index is 1.94. The van der Waals surface area contributed by atoms with E-state index in [2.05, 4.69) is 5.32 Å². The average molecular weight is 440 g/mol. The van der Waals surface area contributed by atoms with Crippen LogP contribution in [0.15, 0.2) is 51.9 Å². The Hall–Kier alpha value is -2.71. The summed E-state index contributed by atoms with van der Waals surface area (Å²) in [6, 6.07) is 6.95. The number of aromatic hydroxyl groups is 1. The highest BCUT2D eigenvalue weighted by atomic mass is 35.5. The minimum Gasteiger partial charge on any atom is -0.506 e. The average Bonchev–Trinajstić information content (AvgIpc) is 2.67. The van der Waals surface area contributed by atoms with Crippen molar-refractivity contribution in [1.82, 2.24) is 0 Å². The smallest absolute Gasteiger partial charge is 0.419 e. The molecule has 0 saturated heterocycles. The standard InChI is InChI=1S/C21H17ClF3NO4/c1-10-9-20(29,21(23,24)25)18(13-5-6-14(22)17(27)16(10)13)26-15-4-2-3-12-11(15)7-8-30-19(12)28/h2-8,10,18,26-27,29H,9H2,1H3/t10-,18?,20+/m0/s1. The summed E-state index contributed by atoms with van der Waals surface area (Å²) in [6.07, 6.45) is -4.49. The third-order valence-corrected chi connectivity index (χ3v) is 5.93. The maximum Gasteiger partial charge on any atom is 0.419 e. The molecule has 1 aliphatic rings. The number of hydrogen-bond donors (Lipinski definition) is 3. The van der Waals surface area contributed by atoms with Crippen LogP contribution in [0.2, 0.25) is 5.02 Å². The summed E-state index contributed by atoms with van der Waals surface area (Å²) in [5.74, 6) is -1.11. The topological polar surface area (TPSA) is 82.7 Å². The van der Waals surface area contributed by atoms with E-state index in [1.807, 2.05) is 0 Å². The van der Waals surface area contributed by atoms with Crippen LogP contribution in [0.1, 0.15) is 36.4 Å². The summed E-state index contributed by atoms with van der Waals surface area (Å²) in [5, 5.41) is 24.6. The summed E-state index contributed by atoms with van der Waals surface area (Å²) >= 11 is 5.98. The molecule has 158 valence electrons. The van der Waals surface area contributed by atoms with Crippen LogP contribution in [0.25, 0.3) is 10.8 Å². The zero-order valence-electron chi connectivity index (χ0n) is 15.6. The molecule has 5 nitrogen and oxygen atoms in total. The molecule has 0 bridgehead atoms. The van der Waals surface area contributed by atoms with Crippen LogP contribution in [-0.2, 0) is 0 Å². The number of phenols is 1. The monoisotopic (exact) mass is 439 g/mol. The van der Waals surface area contributed by atoms with Crippen LogP contribution in [0, 0.1) is 0 Å². The number of anilines is 1. The molecule has 30 heavy (non-hydrogen) atoms. The van der Waals surface area contributed by atoms with E-state index in [0.717, 1.165) is 6.26 Å². The number of phenolic OH excluding ortho intramolecular Hbond substituents is 1. The second-order valence-electron chi connectivity index (χ2n) is 7.48. The molecule has 0 saturated carbocycles. The molecule has 3 atom stereocenters. The minimum absolute atomic E-state index is 0.0135. The van der Waals surface area contributed by atoms with Gasteiger partial charge in [-0.05, 0) is 42.2 Å². The van der Waals surface area contributed by atoms with Gasteiger partial charge in [0.25, 0.3) is 0 Å². The van der Waals surface area contributed by atoms with Crippen molar-refractivity contribution in [2.24, 2.45) is 0 Å². The Morgan fingerprint density at radius 3 is 2.63 bits per heavy atom. The van der Waals surface area contributed by atoms with E-state index in [0.29, 0.717) is 5.39 Å². The highest BCUT2D eigenvalue weighted by Crippen LogP contribution is 2.55. The van der Waals surface area contributed by atoms with E-state index in [4.69, 9.17) is 16.0 Å². The first-order valence-electron chi connectivity index (χ1n) is 9.12. The van der Waals surface area contributed by atoms with E-state index in [9.17, 15) is 28.2 Å². The van der Waals surface area contributed by atoms with Gasteiger partial charge < -0.3 is 19.9 Å². The van der Waals surface area contributed by atoms with Crippen molar-refractivity contribution in [1.29, 1.82) is 0 Å². The van der Waals surface area contributed by atoms with Crippen molar-refractivity contribution >= 4 is 28.1 Å². The first kappa shape index (κ1) is 20.6. The zero-order valence-corrected chi connectivity index (χ0v) is 16.4. The fraction of sp³-hybridized carbons (Fsp3) is 0.286. The third kappa shape index (κ3) is 3.02. The highest BCUT2D eigenvalue weighted by molar-refractivity contribution is 6.32. The second-order valence-corrected chi connectivity index (χ2v) is 7.89. The number of aliphatic hydroxyl groups is 1. The molecule has 1 unspecified atom stereocenters. The Kier molecular flexibility index (Phi) is 4.74. The van der Waals surface area contributed by atoms with E-state index in [1.165, 1.54) is 43.3 Å². The quantitative estimate of drug-likeness (QED) is 0.517. The second kappa shape index (κ2) is 6.92. The molecule has 3 N–H and O–H groups in total. The highest BCUT2D eigenvalue weighted by Gasteiger charge is 2.62. The molecular weight excluding hydrogens is 423 g/mol. The number of alkyl halides is 3. The summed E-state index contributed by atoms with van der Waals surface area (Å²) in [4.78, 5) is 12.0. The number of nitrogens with one attached hydrogen (secondary N) is 1. The fourth-order valence-electron chi connectivity index (χ4n) is 4.22. The lowest BCUT2D eigenvalue weighted by Gasteiger charge is -2.45. The van der Waals surface area contributed by atoms with Crippen molar-refractivity contribution in [2.45, 2.75) is 37.1 Å². The van der Waals surface area contributed by atoms with Crippen molar-refractivity contribution in [3.8, 4) is 5.75 Å². The van der Waals surface area contributed by atoms with Gasteiger partial charge in [-0.15, -0.1) is 0 Å². The number of rotatable bonds is 2. The molecular formula is C21H17ClF3NO4. The summed E-state index contributed by atoms with van der Waals surface area (Å²) in [5.41, 5.74) is -3.22. The van der Waals surface area contributed by atoms with Gasteiger partial charge in [0.05, 0.1) is 22.7 Å². The molecule has 9 heteroatoms. The molecule has 1 aromatic heterocycles. The lowest BCUT2D eigenvalue weighted by atomic mass is 9.70. The summed E-state index contributed by atoms with van der Waals surface area (Å²) < 4.78 is 47.0. The van der Waals surface area contributed by atoms with Gasteiger partial charge in [-0.25, -0.2) is 4.79 Å². The molecule has 0 aliphatic heterocycles. The van der Waals surface area contributed by atoms with Gasteiger partial charge in [0.15, 0.2) is 5.60 Å². The van der Waals surface area contributed by atoms with E-state index >= 15 is 0 Å². The van der Waals surface area contributed by atoms with Gasteiger partial charge in [-0.3, -0.25) is 0 Å². The van der Waals surface area contributed by atoms with Gasteiger partial charge in [-0.2, -0.15) is 13.2 Å². The fourth-order valence-corrected chi connectivity index (χ4v) is 4.38. The van der Waals surface area contributed by atoms with Crippen LogP contribution >= 0.6 is 11.6 Å². The van der Waals surface area contributed by atoms with Crippen molar-refractivity contribution in [2.75, 3.05) is 5.32 Å². The molecule has 0 spiro atoms. The van der Waals surface area contributed by atoms with Gasteiger partial charge in [-0.1, -0.05) is 30.7 Å². The predicted molar refractivity (Wildman–Crippen MR) is 106 cm³/mol. The largest absolute Gasteiger partial charge is 0.506 e. The Morgan fingerprint density at radius 1 is 1.20 bits per heavy atom. The summed E-state index contributed by atoms with van der Waals surface area (Å²) in [6.45, 7) is 1.49. The van der Waals surface area contributed by atoms with Crippen LogP contribution in [0.3, 0.4) is 0 Å². The first-order chi connectivity index (χ1) is 14.0.